The van der Waals surface area contributed by atoms with Crippen LogP contribution in [0.2, 0.25) is 0 Å². The molecule has 0 unspecified atom stereocenters. The molecule has 2 rings (SSSR count). The minimum atomic E-state index is -8.74. The molecule has 0 amide bonds. The molecule has 0 aliphatic carbocycles. The zero-order valence-electron chi connectivity index (χ0n) is 20.5. The van der Waals surface area contributed by atoms with Crippen molar-refractivity contribution in [2.24, 2.45) is 0 Å². The van der Waals surface area contributed by atoms with E-state index in [4.69, 9.17) is 0 Å². The van der Waals surface area contributed by atoms with E-state index in [1.54, 1.807) is 0 Å². The van der Waals surface area contributed by atoms with Gasteiger partial charge in [0.15, 0.2) is 0 Å². The molecule has 0 spiro atoms. The Morgan fingerprint density at radius 3 is 1.14 bits per heavy atom. The van der Waals surface area contributed by atoms with E-state index < -0.39 is 73.5 Å². The van der Waals surface area contributed by atoms with Crippen molar-refractivity contribution in [2.75, 3.05) is 6.16 Å². The number of hydrogen-bond donors (Lipinski definition) is 1. The minimum Gasteiger partial charge on any atom is -0.392 e. The van der Waals surface area contributed by atoms with Crippen molar-refractivity contribution < 1.29 is 84.3 Å². The summed E-state index contributed by atoms with van der Waals surface area (Å²) in [5.74, 6) is -57.5. The van der Waals surface area contributed by atoms with E-state index in [9.17, 15) is 84.3 Å². The fourth-order valence-corrected chi connectivity index (χ4v) is 6.43. The second-order valence-corrected chi connectivity index (χ2v) is 12.0. The molecule has 1 atom stereocenters. The summed E-state index contributed by atoms with van der Waals surface area (Å²) in [5.41, 5.74) is 0. The molecule has 0 aliphatic rings. The van der Waals surface area contributed by atoms with Gasteiger partial charge in [-0.3, -0.25) is 0 Å². The predicted octanol–water partition coefficient (Wildman–Crippen LogP) is 7.76. The topological polar surface area (TPSA) is 37.3 Å². The highest BCUT2D eigenvalue weighted by Crippen LogP contribution is 2.64. The number of aliphatic hydroxyl groups is 1. The SMILES string of the molecule is O=P(C[C@@H](O)CC(F)(F)C(F)(F)C(F)(F)C(F)(F)C(F)(F)C(F)(F)C(F)(F)C(F)(F)F)(c1ccccc1)c1ccccc1. The van der Waals surface area contributed by atoms with E-state index in [-0.39, 0.29) is 10.6 Å². The number of halogens is 17. The van der Waals surface area contributed by atoms with Gasteiger partial charge in [-0.2, -0.15) is 74.6 Å². The van der Waals surface area contributed by atoms with Crippen LogP contribution in [0.15, 0.2) is 60.7 Å². The van der Waals surface area contributed by atoms with Crippen molar-refractivity contribution in [3.05, 3.63) is 60.7 Å². The number of hydrogen-bond acceptors (Lipinski definition) is 2. The van der Waals surface area contributed by atoms with Gasteiger partial charge in [-0.25, -0.2) is 0 Å². The molecule has 0 radical (unpaired) electrons. The van der Waals surface area contributed by atoms with E-state index in [1.807, 2.05) is 0 Å². The van der Waals surface area contributed by atoms with Crippen molar-refractivity contribution in [3.63, 3.8) is 0 Å². The van der Waals surface area contributed by atoms with Gasteiger partial charge in [0.1, 0.15) is 7.14 Å². The first-order valence-corrected chi connectivity index (χ1v) is 13.1. The third-order valence-electron chi connectivity index (χ3n) is 6.09. The van der Waals surface area contributed by atoms with Gasteiger partial charge < -0.3 is 9.67 Å². The third-order valence-corrected chi connectivity index (χ3v) is 9.29. The lowest BCUT2D eigenvalue weighted by molar-refractivity contribution is -0.462. The van der Waals surface area contributed by atoms with Crippen LogP contribution >= 0.6 is 7.14 Å². The Morgan fingerprint density at radius 2 is 0.814 bits per heavy atom. The van der Waals surface area contributed by atoms with Crippen LogP contribution in [0.3, 0.4) is 0 Å². The van der Waals surface area contributed by atoms with Crippen molar-refractivity contribution in [1.29, 1.82) is 0 Å². The number of alkyl halides is 17. The first kappa shape index (κ1) is 36.6. The Labute approximate surface area is 229 Å². The summed E-state index contributed by atoms with van der Waals surface area (Å²) in [6.45, 7) is 0. The Bertz CT molecular complexity index is 1250. The van der Waals surface area contributed by atoms with Crippen molar-refractivity contribution in [3.8, 4) is 0 Å². The van der Waals surface area contributed by atoms with Gasteiger partial charge in [-0.15, -0.1) is 0 Å². The van der Waals surface area contributed by atoms with Crippen molar-refractivity contribution in [2.45, 2.75) is 60.2 Å². The standard InChI is InChI=1S/C23H16F17O2P/c24-16(25,11-13(41)12-43(42,14-7-3-1-4-8-14)15-9-5-2-6-10-15)17(26,27)18(28,29)19(30,31)20(32,33)21(34,35)22(36,37)23(38,39)40/h1-10,13,41H,11-12H2/t13-/m0/s1. The zero-order chi connectivity index (χ0) is 33.7. The molecule has 0 saturated carbocycles. The van der Waals surface area contributed by atoms with Crippen LogP contribution in [0.25, 0.3) is 0 Å². The fraction of sp³-hybridized carbons (Fsp3) is 0.478. The van der Waals surface area contributed by atoms with Gasteiger partial charge >= 0.3 is 47.6 Å². The van der Waals surface area contributed by atoms with Crippen LogP contribution < -0.4 is 10.6 Å². The highest BCUT2D eigenvalue weighted by molar-refractivity contribution is 7.78. The molecule has 0 fully saturated rings. The molecule has 0 bridgehead atoms. The summed E-state index contributed by atoms with van der Waals surface area (Å²) in [7, 11) is -4.35. The second kappa shape index (κ2) is 11.1. The molecule has 20 heteroatoms. The Balaban J connectivity index is 2.51. The first-order chi connectivity index (χ1) is 19.1. The second-order valence-electron chi connectivity index (χ2n) is 9.10. The lowest BCUT2D eigenvalue weighted by atomic mass is 9.88. The van der Waals surface area contributed by atoms with E-state index in [2.05, 4.69) is 0 Å². The molecule has 0 aliphatic heterocycles. The lowest BCUT2D eigenvalue weighted by Gasteiger charge is -2.43. The lowest BCUT2D eigenvalue weighted by Crippen LogP contribution is -2.74. The summed E-state index contributed by atoms with van der Waals surface area (Å²) in [6, 6.07) is 12.1. The maximum absolute atomic E-state index is 14.4. The highest BCUT2D eigenvalue weighted by Gasteiger charge is 2.95. The van der Waals surface area contributed by atoms with Gasteiger partial charge in [0, 0.05) is 23.2 Å². The largest absolute Gasteiger partial charge is 0.460 e. The van der Waals surface area contributed by atoms with E-state index >= 15 is 0 Å². The summed E-state index contributed by atoms with van der Waals surface area (Å²) >= 11 is 0. The van der Waals surface area contributed by atoms with E-state index in [1.165, 1.54) is 36.4 Å². The fourth-order valence-electron chi connectivity index (χ4n) is 3.68. The summed E-state index contributed by atoms with van der Waals surface area (Å²) in [6.07, 6.45) is -15.5. The maximum Gasteiger partial charge on any atom is 0.460 e. The number of rotatable bonds is 12. The Kier molecular flexibility index (Phi) is 9.46. The van der Waals surface area contributed by atoms with Crippen LogP contribution in [0.1, 0.15) is 6.42 Å². The summed E-state index contributed by atoms with van der Waals surface area (Å²) in [5, 5.41) is 9.58. The molecule has 0 heterocycles. The Hall–Kier alpha value is -2.56. The van der Waals surface area contributed by atoms with Gasteiger partial charge in [-0.1, -0.05) is 60.7 Å². The van der Waals surface area contributed by atoms with Crippen molar-refractivity contribution in [1.82, 2.24) is 0 Å². The van der Waals surface area contributed by atoms with Crippen LogP contribution in [0.5, 0.6) is 0 Å². The van der Waals surface area contributed by atoms with Gasteiger partial charge in [0.2, 0.25) is 0 Å². The zero-order valence-corrected chi connectivity index (χ0v) is 21.4. The molecular weight excluding hydrogens is 662 g/mol. The molecule has 2 aromatic rings. The average molecular weight is 678 g/mol. The smallest absolute Gasteiger partial charge is 0.392 e. The molecule has 2 aromatic carbocycles. The molecule has 2 nitrogen and oxygen atoms in total. The van der Waals surface area contributed by atoms with Gasteiger partial charge in [0.25, 0.3) is 0 Å². The quantitative estimate of drug-likeness (QED) is 0.184. The molecule has 43 heavy (non-hydrogen) atoms. The normalized spacial score (nSPS) is 15.9. The average Bonchev–Trinajstić information content (AvgIpc) is 2.87. The molecule has 1 N–H and O–H groups in total. The molecule has 0 saturated heterocycles. The number of benzene rings is 2. The van der Waals surface area contributed by atoms with Crippen LogP contribution in [0, 0.1) is 0 Å². The van der Waals surface area contributed by atoms with Crippen LogP contribution in [-0.2, 0) is 4.57 Å². The first-order valence-electron chi connectivity index (χ1n) is 11.2. The summed E-state index contributed by atoms with van der Waals surface area (Å²) < 4.78 is 243. The minimum absolute atomic E-state index is 0.236. The van der Waals surface area contributed by atoms with E-state index in [0.717, 1.165) is 24.3 Å². The van der Waals surface area contributed by atoms with Gasteiger partial charge in [-0.05, 0) is 0 Å². The third kappa shape index (κ3) is 5.71. The van der Waals surface area contributed by atoms with Crippen molar-refractivity contribution >= 4 is 17.8 Å². The number of aliphatic hydroxyl groups excluding tert-OH is 1. The highest BCUT2D eigenvalue weighted by atomic mass is 31.2. The maximum atomic E-state index is 14.4. The van der Waals surface area contributed by atoms with Crippen LogP contribution in [0.4, 0.5) is 74.6 Å². The molecular formula is C23H16F17O2P. The monoisotopic (exact) mass is 678 g/mol. The van der Waals surface area contributed by atoms with Crippen LogP contribution in [-0.4, -0.2) is 65.0 Å². The van der Waals surface area contributed by atoms with Gasteiger partial charge in [0.05, 0.1) is 6.10 Å². The molecule has 244 valence electrons. The Morgan fingerprint density at radius 1 is 0.512 bits per heavy atom. The predicted molar refractivity (Wildman–Crippen MR) is 116 cm³/mol. The summed E-state index contributed by atoms with van der Waals surface area (Å²) in [4.78, 5) is 0. The van der Waals surface area contributed by atoms with E-state index in [0.29, 0.717) is 0 Å². The molecule has 0 aromatic heterocycles.